The average molecular weight is 425 g/mol. The Morgan fingerprint density at radius 2 is 2.06 bits per heavy atom. The van der Waals surface area contributed by atoms with Crippen molar-refractivity contribution >= 4 is 16.7 Å². The number of halogens is 1. The Kier molecular flexibility index (Phi) is 5.40. The third-order valence-electron chi connectivity index (χ3n) is 6.52. The lowest BCUT2D eigenvalue weighted by Crippen LogP contribution is -2.40. The smallest absolute Gasteiger partial charge is 0.171 e. The lowest BCUT2D eigenvalue weighted by molar-refractivity contribution is 0.188. The quantitative estimate of drug-likeness (QED) is 0.663. The molecule has 5 rings (SSSR count). The standard InChI is InChI=1S/C24H29FN4O2/c1-4-16-10-19-15(3)22(21-9-14(2)28-31-21)24(27-23(19)20(25)11-16)29-7-5-17(12-29)26-18-6-8-30-13-18/h9-11,17-18,26H,4-8,12-13H2,1-3H3/t17-,18+/m0/s1. The van der Waals surface area contributed by atoms with Crippen LogP contribution in [0.15, 0.2) is 22.7 Å². The maximum Gasteiger partial charge on any atom is 0.171 e. The van der Waals surface area contributed by atoms with Crippen LogP contribution in [0.3, 0.4) is 0 Å². The number of rotatable bonds is 5. The van der Waals surface area contributed by atoms with Crippen LogP contribution in [0.2, 0.25) is 0 Å². The van der Waals surface area contributed by atoms with E-state index >= 15 is 4.39 Å². The Labute approximate surface area is 181 Å². The molecule has 0 radical (unpaired) electrons. The number of hydrogen-bond donors (Lipinski definition) is 1. The molecule has 0 spiro atoms. The fourth-order valence-electron chi connectivity index (χ4n) is 4.82. The fourth-order valence-corrected chi connectivity index (χ4v) is 4.82. The zero-order valence-electron chi connectivity index (χ0n) is 18.4. The van der Waals surface area contributed by atoms with Gasteiger partial charge in [0.15, 0.2) is 5.76 Å². The second-order valence-electron chi connectivity index (χ2n) is 8.75. The molecular weight excluding hydrogens is 395 g/mol. The Balaban J connectivity index is 1.58. The predicted molar refractivity (Wildman–Crippen MR) is 119 cm³/mol. The van der Waals surface area contributed by atoms with Gasteiger partial charge in [0.05, 0.1) is 17.9 Å². The zero-order valence-corrected chi connectivity index (χ0v) is 18.4. The van der Waals surface area contributed by atoms with Crippen LogP contribution in [0.5, 0.6) is 0 Å². The van der Waals surface area contributed by atoms with Gasteiger partial charge in [-0.25, -0.2) is 9.37 Å². The van der Waals surface area contributed by atoms with Crippen molar-refractivity contribution in [2.24, 2.45) is 0 Å². The van der Waals surface area contributed by atoms with Crippen molar-refractivity contribution in [1.29, 1.82) is 0 Å². The number of anilines is 1. The van der Waals surface area contributed by atoms with Crippen molar-refractivity contribution in [3.05, 3.63) is 40.8 Å². The minimum absolute atomic E-state index is 0.268. The Bertz CT molecular complexity index is 1110. The molecule has 31 heavy (non-hydrogen) atoms. The van der Waals surface area contributed by atoms with Gasteiger partial charge in [0.2, 0.25) is 0 Å². The lowest BCUT2D eigenvalue weighted by Gasteiger charge is -2.23. The summed E-state index contributed by atoms with van der Waals surface area (Å²) in [7, 11) is 0. The number of benzene rings is 1. The monoisotopic (exact) mass is 424 g/mol. The molecule has 2 aliphatic rings. The first-order valence-electron chi connectivity index (χ1n) is 11.2. The molecule has 0 bridgehead atoms. The van der Waals surface area contributed by atoms with E-state index in [4.69, 9.17) is 14.2 Å². The normalized spacial score (nSPS) is 21.5. The number of hydrogen-bond acceptors (Lipinski definition) is 6. The van der Waals surface area contributed by atoms with E-state index in [1.54, 1.807) is 6.07 Å². The van der Waals surface area contributed by atoms with Gasteiger partial charge in [-0.15, -0.1) is 0 Å². The number of aromatic nitrogens is 2. The van der Waals surface area contributed by atoms with Crippen molar-refractivity contribution in [1.82, 2.24) is 15.5 Å². The number of fused-ring (bicyclic) bond motifs is 1. The minimum Gasteiger partial charge on any atom is -0.380 e. The van der Waals surface area contributed by atoms with E-state index in [-0.39, 0.29) is 5.82 Å². The van der Waals surface area contributed by atoms with Crippen LogP contribution >= 0.6 is 0 Å². The van der Waals surface area contributed by atoms with Gasteiger partial charge in [-0.05, 0) is 56.4 Å². The SMILES string of the molecule is CCc1cc(F)c2nc(N3CC[C@H](N[C@@H]4CCOC4)C3)c(-c3cc(C)no3)c(C)c2c1. The van der Waals surface area contributed by atoms with Crippen molar-refractivity contribution in [3.8, 4) is 11.3 Å². The van der Waals surface area contributed by atoms with Crippen LogP contribution in [-0.2, 0) is 11.2 Å². The molecular formula is C24H29FN4O2. The van der Waals surface area contributed by atoms with Gasteiger partial charge in [0.25, 0.3) is 0 Å². The van der Waals surface area contributed by atoms with Gasteiger partial charge in [-0.1, -0.05) is 12.1 Å². The molecule has 4 heterocycles. The van der Waals surface area contributed by atoms with E-state index in [2.05, 4.69) is 15.4 Å². The second kappa shape index (κ2) is 8.20. The molecule has 3 aromatic rings. The van der Waals surface area contributed by atoms with E-state index in [1.807, 2.05) is 32.9 Å². The predicted octanol–water partition coefficient (Wildman–Crippen LogP) is 4.17. The molecule has 6 nitrogen and oxygen atoms in total. The van der Waals surface area contributed by atoms with Crippen LogP contribution in [0.25, 0.3) is 22.2 Å². The molecule has 164 valence electrons. The largest absolute Gasteiger partial charge is 0.380 e. The molecule has 0 amide bonds. The summed E-state index contributed by atoms with van der Waals surface area (Å²) in [5.74, 6) is 1.19. The van der Waals surface area contributed by atoms with Gasteiger partial charge in [0, 0.05) is 43.2 Å². The van der Waals surface area contributed by atoms with Gasteiger partial charge >= 0.3 is 0 Å². The molecule has 0 aliphatic carbocycles. The van der Waals surface area contributed by atoms with E-state index in [0.717, 1.165) is 79.2 Å². The van der Waals surface area contributed by atoms with Crippen LogP contribution in [0.1, 0.15) is 36.6 Å². The highest BCUT2D eigenvalue weighted by atomic mass is 19.1. The summed E-state index contributed by atoms with van der Waals surface area (Å²) in [6.07, 6.45) is 2.84. The minimum atomic E-state index is -0.268. The van der Waals surface area contributed by atoms with Crippen molar-refractivity contribution in [2.45, 2.75) is 52.1 Å². The summed E-state index contributed by atoms with van der Waals surface area (Å²) in [4.78, 5) is 7.11. The summed E-state index contributed by atoms with van der Waals surface area (Å²) < 4.78 is 26.2. The number of ether oxygens (including phenoxy) is 1. The van der Waals surface area contributed by atoms with Crippen LogP contribution in [0, 0.1) is 19.7 Å². The number of pyridine rings is 1. The number of nitrogens with one attached hydrogen (secondary N) is 1. The Hall–Kier alpha value is -2.51. The summed E-state index contributed by atoms with van der Waals surface area (Å²) >= 11 is 0. The Morgan fingerprint density at radius 1 is 1.19 bits per heavy atom. The lowest BCUT2D eigenvalue weighted by atomic mass is 9.98. The van der Waals surface area contributed by atoms with E-state index in [9.17, 15) is 0 Å². The van der Waals surface area contributed by atoms with Crippen molar-refractivity contribution < 1.29 is 13.7 Å². The highest BCUT2D eigenvalue weighted by Gasteiger charge is 2.30. The summed E-state index contributed by atoms with van der Waals surface area (Å²) in [6.45, 7) is 9.25. The first-order valence-corrected chi connectivity index (χ1v) is 11.2. The Morgan fingerprint density at radius 3 is 2.77 bits per heavy atom. The topological polar surface area (TPSA) is 63.4 Å². The highest BCUT2D eigenvalue weighted by molar-refractivity contribution is 5.93. The maximum absolute atomic E-state index is 15.0. The summed E-state index contributed by atoms with van der Waals surface area (Å²) in [6, 6.07) is 6.36. The fraction of sp³-hybridized carbons (Fsp3) is 0.500. The number of aryl methyl sites for hydroxylation is 3. The van der Waals surface area contributed by atoms with Crippen LogP contribution in [0.4, 0.5) is 10.2 Å². The molecule has 1 aromatic carbocycles. The van der Waals surface area contributed by atoms with Crippen LogP contribution in [-0.4, -0.2) is 48.5 Å². The summed E-state index contributed by atoms with van der Waals surface area (Å²) in [5, 5.41) is 8.64. The molecule has 2 atom stereocenters. The average Bonchev–Trinajstić information content (AvgIpc) is 3.51. The molecule has 2 aromatic heterocycles. The van der Waals surface area contributed by atoms with Gasteiger partial charge < -0.3 is 19.5 Å². The first-order chi connectivity index (χ1) is 15.0. The van der Waals surface area contributed by atoms with Gasteiger partial charge in [0.1, 0.15) is 17.2 Å². The van der Waals surface area contributed by atoms with Crippen molar-refractivity contribution in [2.75, 3.05) is 31.2 Å². The molecule has 7 heteroatoms. The molecule has 2 saturated heterocycles. The van der Waals surface area contributed by atoms with Gasteiger partial charge in [-0.3, -0.25) is 0 Å². The molecule has 2 fully saturated rings. The molecule has 2 aliphatic heterocycles. The van der Waals surface area contributed by atoms with Crippen LogP contribution < -0.4 is 10.2 Å². The first kappa shape index (κ1) is 20.4. The third-order valence-corrected chi connectivity index (χ3v) is 6.52. The molecule has 0 saturated carbocycles. The molecule has 1 N–H and O–H groups in total. The van der Waals surface area contributed by atoms with E-state index in [0.29, 0.717) is 23.4 Å². The number of nitrogens with zero attached hydrogens (tertiary/aromatic N) is 3. The van der Waals surface area contributed by atoms with E-state index in [1.165, 1.54) is 0 Å². The third kappa shape index (κ3) is 3.81. The maximum atomic E-state index is 15.0. The highest BCUT2D eigenvalue weighted by Crippen LogP contribution is 2.39. The second-order valence-corrected chi connectivity index (χ2v) is 8.75. The van der Waals surface area contributed by atoms with E-state index < -0.39 is 0 Å². The molecule has 0 unspecified atom stereocenters. The zero-order chi connectivity index (χ0) is 21.5. The van der Waals surface area contributed by atoms with Crippen molar-refractivity contribution in [3.63, 3.8) is 0 Å². The van der Waals surface area contributed by atoms with Gasteiger partial charge in [-0.2, -0.15) is 0 Å². The summed E-state index contributed by atoms with van der Waals surface area (Å²) in [5.41, 5.74) is 4.09.